The zero-order valence-electron chi connectivity index (χ0n) is 9.39. The van der Waals surface area contributed by atoms with Crippen LogP contribution in [-0.4, -0.2) is 25.7 Å². The van der Waals surface area contributed by atoms with E-state index < -0.39 is 5.97 Å². The molecule has 1 N–H and O–H groups in total. The van der Waals surface area contributed by atoms with Gasteiger partial charge in [0.25, 0.3) is 0 Å². The maximum Gasteiger partial charge on any atom is 0.341 e. The van der Waals surface area contributed by atoms with Crippen molar-refractivity contribution in [2.75, 3.05) is 0 Å². The first-order chi connectivity index (χ1) is 8.27. The van der Waals surface area contributed by atoms with Crippen molar-refractivity contribution in [1.82, 2.24) is 14.6 Å². The summed E-state index contributed by atoms with van der Waals surface area (Å²) >= 11 is 0. The van der Waals surface area contributed by atoms with Crippen molar-refractivity contribution in [2.45, 2.75) is 32.1 Å². The summed E-state index contributed by atoms with van der Waals surface area (Å²) in [5.41, 5.74) is 2.96. The van der Waals surface area contributed by atoms with Crippen LogP contribution in [-0.2, 0) is 12.8 Å². The van der Waals surface area contributed by atoms with Crippen LogP contribution in [0.1, 0.15) is 40.9 Å². The van der Waals surface area contributed by atoms with Gasteiger partial charge in [0, 0.05) is 11.9 Å². The van der Waals surface area contributed by atoms with Gasteiger partial charge >= 0.3 is 5.97 Å². The number of aryl methyl sites for hydroxylation is 2. The second-order valence-electron chi connectivity index (χ2n) is 4.39. The molecule has 1 aliphatic rings. The number of carboxylic acid groups (broad SMARTS) is 1. The third-order valence-electron chi connectivity index (χ3n) is 3.30. The van der Waals surface area contributed by atoms with Crippen molar-refractivity contribution in [3.05, 3.63) is 29.2 Å². The zero-order valence-corrected chi connectivity index (χ0v) is 9.39. The van der Waals surface area contributed by atoms with Crippen molar-refractivity contribution in [1.29, 1.82) is 0 Å². The van der Waals surface area contributed by atoms with Crippen LogP contribution in [0.5, 0.6) is 0 Å². The molecule has 0 aromatic carbocycles. The molecule has 5 nitrogen and oxygen atoms in total. The molecule has 0 saturated heterocycles. The fourth-order valence-electron chi connectivity index (χ4n) is 2.42. The summed E-state index contributed by atoms with van der Waals surface area (Å²) in [6, 6.07) is 0. The highest BCUT2D eigenvalue weighted by Crippen LogP contribution is 2.21. The van der Waals surface area contributed by atoms with Crippen molar-refractivity contribution >= 4 is 11.6 Å². The standard InChI is InChI=1S/C12H13N3O2/c16-12(17)9-7-14-15-10-5-3-1-2-4-8(10)6-13-11(9)15/h6-7H,1-5H2,(H,16,17). The van der Waals surface area contributed by atoms with E-state index in [2.05, 4.69) is 10.1 Å². The number of fused-ring (bicyclic) bond motifs is 3. The average molecular weight is 231 g/mol. The Bertz CT molecular complexity index is 589. The molecule has 2 aromatic rings. The Hall–Kier alpha value is -1.91. The molecule has 0 aliphatic heterocycles. The molecular formula is C12H13N3O2. The predicted octanol–water partition coefficient (Wildman–Crippen LogP) is 1.70. The van der Waals surface area contributed by atoms with E-state index in [4.69, 9.17) is 5.11 Å². The van der Waals surface area contributed by atoms with Gasteiger partial charge in [0.1, 0.15) is 5.56 Å². The first-order valence-electron chi connectivity index (χ1n) is 5.85. The lowest BCUT2D eigenvalue weighted by Gasteiger charge is -2.07. The molecule has 0 atom stereocenters. The lowest BCUT2D eigenvalue weighted by molar-refractivity contribution is 0.0699. The largest absolute Gasteiger partial charge is 0.477 e. The minimum atomic E-state index is -0.971. The molecule has 88 valence electrons. The second-order valence-corrected chi connectivity index (χ2v) is 4.39. The van der Waals surface area contributed by atoms with Crippen LogP contribution in [0.4, 0.5) is 0 Å². The Labute approximate surface area is 98.1 Å². The Morgan fingerprint density at radius 1 is 1.24 bits per heavy atom. The van der Waals surface area contributed by atoms with E-state index >= 15 is 0 Å². The van der Waals surface area contributed by atoms with Gasteiger partial charge in [0.05, 0.1) is 6.20 Å². The van der Waals surface area contributed by atoms with Gasteiger partial charge in [-0.2, -0.15) is 5.10 Å². The van der Waals surface area contributed by atoms with Crippen LogP contribution < -0.4 is 0 Å². The Balaban J connectivity index is 2.24. The van der Waals surface area contributed by atoms with Gasteiger partial charge < -0.3 is 5.11 Å². The Morgan fingerprint density at radius 3 is 2.88 bits per heavy atom. The molecular weight excluding hydrogens is 218 g/mol. The average Bonchev–Trinajstić information content (AvgIpc) is 2.60. The number of aromatic nitrogens is 3. The van der Waals surface area contributed by atoms with Crippen LogP contribution in [0.2, 0.25) is 0 Å². The van der Waals surface area contributed by atoms with Crippen LogP contribution in [0.15, 0.2) is 12.4 Å². The van der Waals surface area contributed by atoms with Crippen LogP contribution in [0.3, 0.4) is 0 Å². The lowest BCUT2D eigenvalue weighted by Crippen LogP contribution is -2.05. The van der Waals surface area contributed by atoms with Crippen molar-refractivity contribution < 1.29 is 9.90 Å². The Morgan fingerprint density at radius 2 is 2.06 bits per heavy atom. The number of hydrogen-bond donors (Lipinski definition) is 1. The molecule has 2 heterocycles. The van der Waals surface area contributed by atoms with Gasteiger partial charge in [-0.05, 0) is 31.2 Å². The summed E-state index contributed by atoms with van der Waals surface area (Å²) in [6.07, 6.45) is 8.68. The van der Waals surface area contributed by atoms with Crippen LogP contribution in [0, 0.1) is 0 Å². The SMILES string of the molecule is O=C(O)c1cnn2c3c(cnc12)CCCCC3. The van der Waals surface area contributed by atoms with Crippen molar-refractivity contribution in [2.24, 2.45) is 0 Å². The predicted molar refractivity (Wildman–Crippen MR) is 61.2 cm³/mol. The summed E-state index contributed by atoms with van der Waals surface area (Å²) in [5.74, 6) is -0.971. The second kappa shape index (κ2) is 3.84. The molecule has 0 radical (unpaired) electrons. The molecule has 5 heteroatoms. The summed E-state index contributed by atoms with van der Waals surface area (Å²) in [5, 5.41) is 13.2. The first kappa shape index (κ1) is 10.3. The van der Waals surface area contributed by atoms with E-state index in [9.17, 15) is 4.79 Å². The highest BCUT2D eigenvalue weighted by atomic mass is 16.4. The van der Waals surface area contributed by atoms with Gasteiger partial charge in [-0.25, -0.2) is 14.3 Å². The summed E-state index contributed by atoms with van der Waals surface area (Å²) in [7, 11) is 0. The number of carboxylic acids is 1. The summed E-state index contributed by atoms with van der Waals surface area (Å²) in [4.78, 5) is 15.3. The van der Waals surface area contributed by atoms with E-state index in [1.807, 2.05) is 6.20 Å². The molecule has 1 aliphatic carbocycles. The molecule has 0 saturated carbocycles. The molecule has 0 spiro atoms. The molecule has 17 heavy (non-hydrogen) atoms. The molecule has 0 bridgehead atoms. The van der Waals surface area contributed by atoms with Gasteiger partial charge in [-0.1, -0.05) is 6.42 Å². The topological polar surface area (TPSA) is 67.5 Å². The van der Waals surface area contributed by atoms with Gasteiger partial charge in [0.15, 0.2) is 5.65 Å². The third kappa shape index (κ3) is 1.58. The summed E-state index contributed by atoms with van der Waals surface area (Å²) in [6.45, 7) is 0. The van der Waals surface area contributed by atoms with E-state index in [1.165, 1.54) is 24.6 Å². The smallest absolute Gasteiger partial charge is 0.341 e. The number of hydrogen-bond acceptors (Lipinski definition) is 3. The monoisotopic (exact) mass is 231 g/mol. The van der Waals surface area contributed by atoms with Crippen LogP contribution in [0.25, 0.3) is 5.65 Å². The quantitative estimate of drug-likeness (QED) is 0.758. The zero-order chi connectivity index (χ0) is 11.8. The number of aromatic carboxylic acids is 1. The lowest BCUT2D eigenvalue weighted by atomic mass is 10.1. The molecule has 3 rings (SSSR count). The van der Waals surface area contributed by atoms with E-state index in [1.54, 1.807) is 4.52 Å². The van der Waals surface area contributed by atoms with E-state index in [0.717, 1.165) is 25.0 Å². The van der Waals surface area contributed by atoms with Gasteiger partial charge in [0.2, 0.25) is 0 Å². The van der Waals surface area contributed by atoms with E-state index in [-0.39, 0.29) is 5.56 Å². The third-order valence-corrected chi connectivity index (χ3v) is 3.30. The van der Waals surface area contributed by atoms with Gasteiger partial charge in [-0.15, -0.1) is 0 Å². The highest BCUT2D eigenvalue weighted by molar-refractivity contribution is 5.94. The maximum absolute atomic E-state index is 11.0. The fraction of sp³-hybridized carbons (Fsp3) is 0.417. The molecule has 0 unspecified atom stereocenters. The minimum absolute atomic E-state index is 0.178. The minimum Gasteiger partial charge on any atom is -0.477 e. The summed E-state index contributed by atoms with van der Waals surface area (Å²) < 4.78 is 1.70. The number of carbonyl (C=O) groups is 1. The Kier molecular flexibility index (Phi) is 2.31. The van der Waals surface area contributed by atoms with Crippen molar-refractivity contribution in [3.8, 4) is 0 Å². The molecule has 0 amide bonds. The highest BCUT2D eigenvalue weighted by Gasteiger charge is 2.18. The first-order valence-corrected chi connectivity index (χ1v) is 5.85. The number of nitrogens with zero attached hydrogens (tertiary/aromatic N) is 3. The van der Waals surface area contributed by atoms with Crippen molar-refractivity contribution in [3.63, 3.8) is 0 Å². The normalized spacial score (nSPS) is 15.5. The molecule has 2 aromatic heterocycles. The maximum atomic E-state index is 11.0. The number of rotatable bonds is 1. The molecule has 0 fully saturated rings. The fourth-order valence-corrected chi connectivity index (χ4v) is 2.42. The van der Waals surface area contributed by atoms with Crippen LogP contribution >= 0.6 is 0 Å². The van der Waals surface area contributed by atoms with Gasteiger partial charge in [-0.3, -0.25) is 0 Å². The van der Waals surface area contributed by atoms with E-state index in [0.29, 0.717) is 5.65 Å².